The standard InChI is InChI=1S/C13H23N5O2/c1-5-7-15-12(19)9(4)16-13(20)11-10(14)8(3)17-18(11)6-2/h9H,5-7,14H2,1-4H3,(H,15,19)(H,16,20). The van der Waals surface area contributed by atoms with Gasteiger partial charge in [-0.05, 0) is 27.2 Å². The fraction of sp³-hybridized carbons (Fsp3) is 0.615. The van der Waals surface area contributed by atoms with Crippen LogP contribution in [0.25, 0.3) is 0 Å². The van der Waals surface area contributed by atoms with Crippen molar-refractivity contribution in [3.63, 3.8) is 0 Å². The summed E-state index contributed by atoms with van der Waals surface area (Å²) >= 11 is 0. The van der Waals surface area contributed by atoms with E-state index in [4.69, 9.17) is 5.73 Å². The zero-order chi connectivity index (χ0) is 15.3. The molecule has 0 spiro atoms. The van der Waals surface area contributed by atoms with E-state index in [9.17, 15) is 9.59 Å². The quantitative estimate of drug-likeness (QED) is 0.704. The van der Waals surface area contributed by atoms with Gasteiger partial charge in [-0.25, -0.2) is 0 Å². The summed E-state index contributed by atoms with van der Waals surface area (Å²) in [5, 5.41) is 9.55. The summed E-state index contributed by atoms with van der Waals surface area (Å²) in [4.78, 5) is 23.9. The minimum Gasteiger partial charge on any atom is -0.395 e. The van der Waals surface area contributed by atoms with Gasteiger partial charge >= 0.3 is 0 Å². The fourth-order valence-corrected chi connectivity index (χ4v) is 1.80. The third-order valence-electron chi connectivity index (χ3n) is 2.98. The van der Waals surface area contributed by atoms with Gasteiger partial charge in [0, 0.05) is 13.1 Å². The molecule has 1 heterocycles. The normalized spacial score (nSPS) is 12.0. The van der Waals surface area contributed by atoms with Crippen molar-refractivity contribution in [1.29, 1.82) is 0 Å². The number of nitrogen functional groups attached to an aromatic ring is 1. The molecule has 4 N–H and O–H groups in total. The molecule has 0 aliphatic rings. The van der Waals surface area contributed by atoms with Crippen molar-refractivity contribution in [3.8, 4) is 0 Å². The Balaban J connectivity index is 2.79. The van der Waals surface area contributed by atoms with E-state index in [1.54, 1.807) is 13.8 Å². The molecule has 0 fully saturated rings. The average Bonchev–Trinajstić information content (AvgIpc) is 2.71. The molecule has 1 unspecified atom stereocenters. The van der Waals surface area contributed by atoms with Crippen LogP contribution in [0.5, 0.6) is 0 Å². The molecular weight excluding hydrogens is 258 g/mol. The van der Waals surface area contributed by atoms with Crippen LogP contribution < -0.4 is 16.4 Å². The van der Waals surface area contributed by atoms with Crippen molar-refractivity contribution in [2.75, 3.05) is 12.3 Å². The molecule has 1 aromatic heterocycles. The molecule has 1 aromatic rings. The largest absolute Gasteiger partial charge is 0.395 e. The summed E-state index contributed by atoms with van der Waals surface area (Å²) in [6, 6.07) is -0.617. The minimum absolute atomic E-state index is 0.210. The third-order valence-corrected chi connectivity index (χ3v) is 2.98. The van der Waals surface area contributed by atoms with Crippen LogP contribution in [0.2, 0.25) is 0 Å². The Hall–Kier alpha value is -2.05. The van der Waals surface area contributed by atoms with Crippen molar-refractivity contribution in [2.24, 2.45) is 0 Å². The zero-order valence-corrected chi connectivity index (χ0v) is 12.5. The lowest BCUT2D eigenvalue weighted by atomic mass is 10.2. The highest BCUT2D eigenvalue weighted by Crippen LogP contribution is 2.16. The second-order valence-electron chi connectivity index (χ2n) is 4.65. The number of rotatable bonds is 6. The number of hydrogen-bond donors (Lipinski definition) is 3. The average molecular weight is 281 g/mol. The summed E-state index contributed by atoms with van der Waals surface area (Å²) < 4.78 is 1.54. The Morgan fingerprint density at radius 2 is 2.05 bits per heavy atom. The molecule has 1 atom stereocenters. The number of nitrogens with one attached hydrogen (secondary N) is 2. The molecule has 112 valence electrons. The summed E-state index contributed by atoms with van der Waals surface area (Å²) in [7, 11) is 0. The van der Waals surface area contributed by atoms with Crippen LogP contribution in [0.4, 0.5) is 5.69 Å². The Bertz CT molecular complexity index is 495. The molecule has 0 aliphatic carbocycles. The van der Waals surface area contributed by atoms with E-state index >= 15 is 0 Å². The van der Waals surface area contributed by atoms with Gasteiger partial charge in [-0.3, -0.25) is 14.3 Å². The van der Waals surface area contributed by atoms with Crippen LogP contribution in [-0.4, -0.2) is 34.2 Å². The highest BCUT2D eigenvalue weighted by molar-refractivity contribution is 6.00. The summed E-state index contributed by atoms with van der Waals surface area (Å²) in [6.45, 7) is 8.35. The molecule has 7 heteroatoms. The molecule has 2 amide bonds. The van der Waals surface area contributed by atoms with Crippen LogP contribution in [0, 0.1) is 6.92 Å². The van der Waals surface area contributed by atoms with Crippen molar-refractivity contribution in [2.45, 2.75) is 46.7 Å². The van der Waals surface area contributed by atoms with Crippen LogP contribution in [0.15, 0.2) is 0 Å². The highest BCUT2D eigenvalue weighted by atomic mass is 16.2. The Morgan fingerprint density at radius 1 is 1.40 bits per heavy atom. The SMILES string of the molecule is CCCNC(=O)C(C)NC(=O)c1c(N)c(C)nn1CC. The topological polar surface area (TPSA) is 102 Å². The first-order valence-corrected chi connectivity index (χ1v) is 6.83. The lowest BCUT2D eigenvalue weighted by Crippen LogP contribution is -2.45. The molecule has 0 aliphatic heterocycles. The van der Waals surface area contributed by atoms with E-state index in [0.717, 1.165) is 6.42 Å². The van der Waals surface area contributed by atoms with Gasteiger partial charge in [0.05, 0.1) is 11.4 Å². The van der Waals surface area contributed by atoms with E-state index in [2.05, 4.69) is 15.7 Å². The maximum absolute atomic E-state index is 12.2. The van der Waals surface area contributed by atoms with E-state index < -0.39 is 6.04 Å². The maximum atomic E-state index is 12.2. The number of anilines is 1. The lowest BCUT2D eigenvalue weighted by Gasteiger charge is -2.14. The molecule has 1 rings (SSSR count). The number of aromatic nitrogens is 2. The van der Waals surface area contributed by atoms with E-state index in [1.165, 1.54) is 4.68 Å². The van der Waals surface area contributed by atoms with Gasteiger partial charge in [-0.2, -0.15) is 5.10 Å². The van der Waals surface area contributed by atoms with Crippen molar-refractivity contribution in [3.05, 3.63) is 11.4 Å². The van der Waals surface area contributed by atoms with Crippen LogP contribution >= 0.6 is 0 Å². The second-order valence-corrected chi connectivity index (χ2v) is 4.65. The molecule has 0 saturated carbocycles. The number of amides is 2. The van der Waals surface area contributed by atoms with E-state index in [1.807, 2.05) is 13.8 Å². The maximum Gasteiger partial charge on any atom is 0.272 e. The molecule has 0 bridgehead atoms. The van der Waals surface area contributed by atoms with E-state index in [-0.39, 0.29) is 11.8 Å². The van der Waals surface area contributed by atoms with Gasteiger partial charge in [0.1, 0.15) is 11.7 Å². The van der Waals surface area contributed by atoms with Gasteiger partial charge in [-0.1, -0.05) is 6.92 Å². The Morgan fingerprint density at radius 3 is 2.60 bits per heavy atom. The summed E-state index contributed by atoms with van der Waals surface area (Å²) in [5.41, 5.74) is 7.14. The van der Waals surface area contributed by atoms with Crippen LogP contribution in [0.1, 0.15) is 43.4 Å². The first-order valence-electron chi connectivity index (χ1n) is 6.83. The number of nitrogens with zero attached hydrogens (tertiary/aromatic N) is 2. The van der Waals surface area contributed by atoms with Crippen molar-refractivity contribution in [1.82, 2.24) is 20.4 Å². The molecular formula is C13H23N5O2. The molecule has 7 nitrogen and oxygen atoms in total. The van der Waals surface area contributed by atoms with E-state index in [0.29, 0.717) is 30.2 Å². The van der Waals surface area contributed by atoms with Gasteiger partial charge in [0.2, 0.25) is 5.91 Å². The lowest BCUT2D eigenvalue weighted by molar-refractivity contribution is -0.122. The van der Waals surface area contributed by atoms with Crippen LogP contribution in [-0.2, 0) is 11.3 Å². The van der Waals surface area contributed by atoms with Crippen molar-refractivity contribution < 1.29 is 9.59 Å². The summed E-state index contributed by atoms with van der Waals surface area (Å²) in [6.07, 6.45) is 0.848. The number of aryl methyl sites for hydroxylation is 2. The predicted molar refractivity (Wildman–Crippen MR) is 77.3 cm³/mol. The number of nitrogens with two attached hydrogens (primary N) is 1. The Labute approximate surface area is 118 Å². The predicted octanol–water partition coefficient (Wildman–Crippen LogP) is 0.438. The summed E-state index contributed by atoms with van der Waals surface area (Å²) in [5.74, 6) is -0.595. The smallest absolute Gasteiger partial charge is 0.272 e. The van der Waals surface area contributed by atoms with Gasteiger partial charge in [0.25, 0.3) is 5.91 Å². The number of hydrogen-bond acceptors (Lipinski definition) is 4. The molecule has 20 heavy (non-hydrogen) atoms. The second kappa shape index (κ2) is 6.93. The van der Waals surface area contributed by atoms with Gasteiger partial charge < -0.3 is 16.4 Å². The van der Waals surface area contributed by atoms with Crippen molar-refractivity contribution >= 4 is 17.5 Å². The molecule has 0 saturated heterocycles. The fourth-order valence-electron chi connectivity index (χ4n) is 1.80. The highest BCUT2D eigenvalue weighted by Gasteiger charge is 2.22. The number of carbonyl (C=O) groups excluding carboxylic acids is 2. The van der Waals surface area contributed by atoms with Gasteiger partial charge in [0.15, 0.2) is 0 Å². The monoisotopic (exact) mass is 281 g/mol. The Kier molecular flexibility index (Phi) is 5.54. The first kappa shape index (κ1) is 16.0. The van der Waals surface area contributed by atoms with Crippen LogP contribution in [0.3, 0.4) is 0 Å². The number of carbonyl (C=O) groups is 2. The first-order chi connectivity index (χ1) is 9.42. The molecule has 0 aromatic carbocycles. The minimum atomic E-state index is -0.617. The zero-order valence-electron chi connectivity index (χ0n) is 12.5. The van der Waals surface area contributed by atoms with Gasteiger partial charge in [-0.15, -0.1) is 0 Å². The third kappa shape index (κ3) is 3.49. The molecule has 0 radical (unpaired) electrons.